The number of anilines is 1. The number of carbonyl (C=O) groups is 2. The van der Waals surface area contributed by atoms with Crippen molar-refractivity contribution in [1.82, 2.24) is 0 Å². The maximum Gasteiger partial charge on any atom is 0.227 e. The van der Waals surface area contributed by atoms with E-state index in [2.05, 4.69) is 11.8 Å². The fourth-order valence-electron chi connectivity index (χ4n) is 2.77. The summed E-state index contributed by atoms with van der Waals surface area (Å²) in [6.07, 6.45) is 0.996. The summed E-state index contributed by atoms with van der Waals surface area (Å²) in [5, 5.41) is 0. The number of para-hydroxylation sites is 1. The Labute approximate surface area is 142 Å². The second-order valence-corrected chi connectivity index (χ2v) is 5.80. The number of hydrogen-bond acceptors (Lipinski definition) is 2. The Hall–Kier alpha value is -2.86. The second kappa shape index (κ2) is 7.14. The molecule has 3 heteroatoms. The van der Waals surface area contributed by atoms with Crippen LogP contribution in [0.5, 0.6) is 0 Å². The average Bonchev–Trinajstić information content (AvgIpc) is 2.61. The van der Waals surface area contributed by atoms with Crippen LogP contribution in [0.3, 0.4) is 0 Å². The molecule has 1 amide bonds. The summed E-state index contributed by atoms with van der Waals surface area (Å²) in [5.74, 6) is 6.45. The molecule has 24 heavy (non-hydrogen) atoms. The fourth-order valence-corrected chi connectivity index (χ4v) is 2.77. The highest BCUT2D eigenvalue weighted by atomic mass is 16.2. The Morgan fingerprint density at radius 1 is 0.958 bits per heavy atom. The Balaban J connectivity index is 1.98. The van der Waals surface area contributed by atoms with Gasteiger partial charge in [0.2, 0.25) is 5.91 Å². The van der Waals surface area contributed by atoms with Gasteiger partial charge in [0.15, 0.2) is 0 Å². The van der Waals surface area contributed by atoms with Gasteiger partial charge in [-0.05, 0) is 23.8 Å². The third kappa shape index (κ3) is 3.38. The Bertz CT molecular complexity index is 842. The summed E-state index contributed by atoms with van der Waals surface area (Å²) >= 11 is 0. The van der Waals surface area contributed by atoms with Crippen LogP contribution in [-0.4, -0.2) is 11.7 Å². The molecule has 0 bridgehead atoms. The number of benzene rings is 2. The van der Waals surface area contributed by atoms with Crippen molar-refractivity contribution in [3.8, 4) is 11.8 Å². The fraction of sp³-hybridized carbons (Fsp3) is 0.238. The first-order chi connectivity index (χ1) is 11.7. The first kappa shape index (κ1) is 16.0. The van der Waals surface area contributed by atoms with Crippen LogP contribution in [0.15, 0.2) is 48.5 Å². The molecule has 0 N–H and O–H groups in total. The minimum atomic E-state index is -0.0391. The summed E-state index contributed by atoms with van der Waals surface area (Å²) in [7, 11) is 0. The smallest absolute Gasteiger partial charge is 0.227 e. The highest BCUT2D eigenvalue weighted by Crippen LogP contribution is 2.26. The first-order valence-electron chi connectivity index (χ1n) is 8.20. The van der Waals surface area contributed by atoms with Crippen LogP contribution in [-0.2, 0) is 16.1 Å². The summed E-state index contributed by atoms with van der Waals surface area (Å²) in [6, 6.07) is 15.5. The molecule has 1 aliphatic rings. The molecule has 0 spiro atoms. The second-order valence-electron chi connectivity index (χ2n) is 5.80. The van der Waals surface area contributed by atoms with Crippen LogP contribution in [0.1, 0.15) is 42.9 Å². The summed E-state index contributed by atoms with van der Waals surface area (Å²) in [4.78, 5) is 26.1. The van der Waals surface area contributed by atoms with Gasteiger partial charge in [0.25, 0.3) is 0 Å². The van der Waals surface area contributed by atoms with E-state index in [4.69, 9.17) is 0 Å². The molecular weight excluding hydrogens is 298 g/mol. The van der Waals surface area contributed by atoms with Crippen molar-refractivity contribution in [2.75, 3.05) is 4.90 Å². The van der Waals surface area contributed by atoms with Crippen LogP contribution in [0.25, 0.3) is 0 Å². The molecule has 0 radical (unpaired) electrons. The van der Waals surface area contributed by atoms with Crippen molar-refractivity contribution >= 4 is 17.4 Å². The predicted molar refractivity (Wildman–Crippen MR) is 94.6 cm³/mol. The van der Waals surface area contributed by atoms with E-state index in [0.717, 1.165) is 22.4 Å². The quantitative estimate of drug-likeness (QED) is 0.807. The number of hydrogen-bond donors (Lipinski definition) is 0. The molecule has 0 fully saturated rings. The third-order valence-corrected chi connectivity index (χ3v) is 4.19. The number of ketones is 1. The van der Waals surface area contributed by atoms with Gasteiger partial charge in [-0.15, -0.1) is 0 Å². The van der Waals surface area contributed by atoms with Crippen LogP contribution in [0, 0.1) is 11.8 Å². The molecule has 3 nitrogen and oxygen atoms in total. The Kier molecular flexibility index (Phi) is 4.77. The van der Waals surface area contributed by atoms with E-state index in [1.807, 2.05) is 55.5 Å². The monoisotopic (exact) mass is 317 g/mol. The highest BCUT2D eigenvalue weighted by Gasteiger charge is 2.21. The number of rotatable bonds is 4. The zero-order chi connectivity index (χ0) is 16.9. The standard InChI is InChI=1S/C21H19NO2/c1-2-19(23)13-14-21(24)22-15-18-9-4-3-7-16(18)11-12-17-8-5-6-10-20(17)22/h3-10H,2,13-15H2,1H3. The minimum Gasteiger partial charge on any atom is -0.307 e. The van der Waals surface area contributed by atoms with Gasteiger partial charge in [0, 0.05) is 30.4 Å². The molecule has 0 saturated heterocycles. The van der Waals surface area contributed by atoms with E-state index in [9.17, 15) is 9.59 Å². The molecule has 0 unspecified atom stereocenters. The molecule has 2 aromatic rings. The average molecular weight is 317 g/mol. The molecule has 0 atom stereocenters. The maximum atomic E-state index is 12.8. The van der Waals surface area contributed by atoms with E-state index in [0.29, 0.717) is 19.4 Å². The van der Waals surface area contributed by atoms with Gasteiger partial charge in [-0.25, -0.2) is 0 Å². The van der Waals surface area contributed by atoms with Crippen molar-refractivity contribution in [2.45, 2.75) is 32.7 Å². The van der Waals surface area contributed by atoms with E-state index in [-0.39, 0.29) is 18.1 Å². The van der Waals surface area contributed by atoms with Gasteiger partial charge in [0.1, 0.15) is 5.78 Å². The zero-order valence-corrected chi connectivity index (χ0v) is 13.7. The lowest BCUT2D eigenvalue weighted by Crippen LogP contribution is -2.32. The van der Waals surface area contributed by atoms with Gasteiger partial charge in [-0.3, -0.25) is 9.59 Å². The van der Waals surface area contributed by atoms with Gasteiger partial charge in [-0.1, -0.05) is 49.1 Å². The van der Waals surface area contributed by atoms with Gasteiger partial charge in [0.05, 0.1) is 12.2 Å². The van der Waals surface area contributed by atoms with Crippen LogP contribution in [0.2, 0.25) is 0 Å². The highest BCUT2D eigenvalue weighted by molar-refractivity contribution is 5.97. The maximum absolute atomic E-state index is 12.8. The lowest BCUT2D eigenvalue weighted by molar-refractivity contribution is -0.123. The van der Waals surface area contributed by atoms with Crippen LogP contribution >= 0.6 is 0 Å². The summed E-state index contributed by atoms with van der Waals surface area (Å²) in [6.45, 7) is 2.30. The number of carbonyl (C=O) groups excluding carboxylic acids is 2. The number of nitrogens with zero attached hydrogens (tertiary/aromatic N) is 1. The molecule has 2 aromatic carbocycles. The predicted octanol–water partition coefficient (Wildman–Crippen LogP) is 3.69. The summed E-state index contributed by atoms with van der Waals surface area (Å²) in [5.41, 5.74) is 3.61. The van der Waals surface area contributed by atoms with E-state index >= 15 is 0 Å². The summed E-state index contributed by atoms with van der Waals surface area (Å²) < 4.78 is 0. The van der Waals surface area contributed by atoms with E-state index in [1.54, 1.807) is 4.90 Å². The van der Waals surface area contributed by atoms with Crippen molar-refractivity contribution in [3.05, 3.63) is 65.2 Å². The SMILES string of the molecule is CCC(=O)CCC(=O)N1Cc2ccccc2C#Cc2ccccc21. The lowest BCUT2D eigenvalue weighted by atomic mass is 10.0. The van der Waals surface area contributed by atoms with Crippen LogP contribution in [0.4, 0.5) is 5.69 Å². The van der Waals surface area contributed by atoms with Crippen molar-refractivity contribution in [2.24, 2.45) is 0 Å². The molecule has 3 rings (SSSR count). The van der Waals surface area contributed by atoms with Crippen molar-refractivity contribution in [3.63, 3.8) is 0 Å². The van der Waals surface area contributed by atoms with E-state index < -0.39 is 0 Å². The molecule has 1 aliphatic heterocycles. The van der Waals surface area contributed by atoms with E-state index in [1.165, 1.54) is 0 Å². The van der Waals surface area contributed by atoms with Crippen molar-refractivity contribution in [1.29, 1.82) is 0 Å². The lowest BCUT2D eigenvalue weighted by Gasteiger charge is -2.26. The molecular formula is C21H19NO2. The van der Waals surface area contributed by atoms with Gasteiger partial charge in [-0.2, -0.15) is 0 Å². The number of Topliss-reactive ketones (excluding diaryl/α,β-unsaturated/α-hetero) is 1. The first-order valence-corrected chi connectivity index (χ1v) is 8.20. The minimum absolute atomic E-state index is 0.0391. The zero-order valence-electron chi connectivity index (χ0n) is 13.7. The normalized spacial score (nSPS) is 12.1. The Morgan fingerprint density at radius 2 is 1.62 bits per heavy atom. The Morgan fingerprint density at radius 3 is 2.42 bits per heavy atom. The van der Waals surface area contributed by atoms with Crippen molar-refractivity contribution < 1.29 is 9.59 Å². The largest absolute Gasteiger partial charge is 0.307 e. The van der Waals surface area contributed by atoms with Gasteiger partial charge < -0.3 is 4.90 Å². The molecule has 0 aliphatic carbocycles. The number of amides is 1. The number of fused-ring (bicyclic) bond motifs is 2. The molecule has 0 saturated carbocycles. The van der Waals surface area contributed by atoms with Crippen LogP contribution < -0.4 is 4.90 Å². The molecule has 120 valence electrons. The molecule has 0 aromatic heterocycles. The van der Waals surface area contributed by atoms with Gasteiger partial charge >= 0.3 is 0 Å². The molecule has 1 heterocycles. The topological polar surface area (TPSA) is 37.4 Å². The third-order valence-electron chi connectivity index (χ3n) is 4.19.